The molecule has 0 atom stereocenters. The molecule has 14 heavy (non-hydrogen) atoms. The first-order valence-corrected chi connectivity index (χ1v) is 5.98. The van der Waals surface area contributed by atoms with Gasteiger partial charge in [-0.15, -0.1) is 0 Å². The molecule has 0 aromatic carbocycles. The quantitative estimate of drug-likeness (QED) is 0.838. The van der Waals surface area contributed by atoms with Crippen molar-refractivity contribution < 1.29 is 9.84 Å². The summed E-state index contributed by atoms with van der Waals surface area (Å²) in [7, 11) is 0. The number of ether oxygens (including phenoxy) is 1. The maximum atomic E-state index is 8.85. The highest BCUT2D eigenvalue weighted by atomic mass is 32.1. The summed E-state index contributed by atoms with van der Waals surface area (Å²) >= 11 is 1.47. The average Bonchev–Trinajstić information content (AvgIpc) is 2.67. The minimum Gasteiger partial charge on any atom is -0.467 e. The van der Waals surface area contributed by atoms with Crippen LogP contribution >= 0.6 is 11.3 Å². The Bertz CT molecular complexity index is 281. The van der Waals surface area contributed by atoms with Gasteiger partial charge in [-0.3, -0.25) is 0 Å². The fourth-order valence-electron chi connectivity index (χ4n) is 1.74. The molecule has 4 heteroatoms. The van der Waals surface area contributed by atoms with Gasteiger partial charge in [0.1, 0.15) is 6.10 Å². The standard InChI is InChI=1S/C10H15NO2S/c12-6-8-7-14-10(11-8)13-9-4-2-1-3-5-9/h7,9,12H,1-6H2. The summed E-state index contributed by atoms with van der Waals surface area (Å²) < 4.78 is 5.73. The zero-order chi connectivity index (χ0) is 9.80. The maximum Gasteiger partial charge on any atom is 0.273 e. The fourth-order valence-corrected chi connectivity index (χ4v) is 2.47. The maximum absolute atomic E-state index is 8.85. The SMILES string of the molecule is OCc1csc(OC2CCCCC2)n1. The van der Waals surface area contributed by atoms with Crippen molar-refractivity contribution in [3.8, 4) is 5.19 Å². The molecule has 78 valence electrons. The van der Waals surface area contributed by atoms with Gasteiger partial charge in [-0.2, -0.15) is 0 Å². The Kier molecular flexibility index (Phi) is 3.37. The largest absolute Gasteiger partial charge is 0.467 e. The molecule has 1 aromatic heterocycles. The van der Waals surface area contributed by atoms with Gasteiger partial charge in [-0.1, -0.05) is 17.8 Å². The van der Waals surface area contributed by atoms with Crippen LogP contribution in [0.5, 0.6) is 5.19 Å². The molecule has 0 radical (unpaired) electrons. The van der Waals surface area contributed by atoms with Crippen LogP contribution in [0.2, 0.25) is 0 Å². The minimum atomic E-state index is 0.00449. The normalized spacial score (nSPS) is 18.4. The number of thiazole rings is 1. The van der Waals surface area contributed by atoms with E-state index in [1.165, 1.54) is 30.6 Å². The van der Waals surface area contributed by atoms with E-state index in [1.807, 2.05) is 5.38 Å². The zero-order valence-electron chi connectivity index (χ0n) is 8.11. The lowest BCUT2D eigenvalue weighted by Gasteiger charge is -2.21. The van der Waals surface area contributed by atoms with E-state index < -0.39 is 0 Å². The molecular formula is C10H15NO2S. The summed E-state index contributed by atoms with van der Waals surface area (Å²) in [6.45, 7) is 0.00449. The van der Waals surface area contributed by atoms with Gasteiger partial charge < -0.3 is 9.84 Å². The molecule has 0 bridgehead atoms. The highest BCUT2D eigenvalue weighted by Crippen LogP contribution is 2.25. The lowest BCUT2D eigenvalue weighted by Crippen LogP contribution is -2.19. The second-order valence-electron chi connectivity index (χ2n) is 3.64. The first kappa shape index (κ1) is 9.93. The first-order valence-electron chi connectivity index (χ1n) is 5.10. The van der Waals surface area contributed by atoms with Crippen LogP contribution in [-0.4, -0.2) is 16.2 Å². The fraction of sp³-hybridized carbons (Fsp3) is 0.700. The van der Waals surface area contributed by atoms with E-state index in [2.05, 4.69) is 4.98 Å². The Morgan fingerprint density at radius 3 is 2.86 bits per heavy atom. The van der Waals surface area contributed by atoms with Gasteiger partial charge in [-0.25, -0.2) is 4.98 Å². The van der Waals surface area contributed by atoms with Gasteiger partial charge in [0.05, 0.1) is 12.3 Å². The van der Waals surface area contributed by atoms with Crippen LogP contribution in [0.25, 0.3) is 0 Å². The van der Waals surface area contributed by atoms with Gasteiger partial charge in [0.25, 0.3) is 5.19 Å². The van der Waals surface area contributed by atoms with Gasteiger partial charge in [0.2, 0.25) is 0 Å². The van der Waals surface area contributed by atoms with Crippen LogP contribution in [-0.2, 0) is 6.61 Å². The van der Waals surface area contributed by atoms with Crippen molar-refractivity contribution >= 4 is 11.3 Å². The molecule has 1 aliphatic rings. The van der Waals surface area contributed by atoms with Gasteiger partial charge >= 0.3 is 0 Å². The number of nitrogens with zero attached hydrogens (tertiary/aromatic N) is 1. The molecule has 1 fully saturated rings. The minimum absolute atomic E-state index is 0.00449. The predicted molar refractivity (Wildman–Crippen MR) is 55.5 cm³/mol. The highest BCUT2D eigenvalue weighted by molar-refractivity contribution is 7.11. The third-order valence-electron chi connectivity index (χ3n) is 2.51. The number of aliphatic hydroxyl groups is 1. The van der Waals surface area contributed by atoms with E-state index >= 15 is 0 Å². The summed E-state index contributed by atoms with van der Waals surface area (Å²) in [5.41, 5.74) is 0.709. The molecule has 1 aliphatic carbocycles. The van der Waals surface area contributed by atoms with E-state index in [4.69, 9.17) is 9.84 Å². The molecule has 0 saturated heterocycles. The van der Waals surface area contributed by atoms with Crippen molar-refractivity contribution in [3.05, 3.63) is 11.1 Å². The number of hydrogen-bond donors (Lipinski definition) is 1. The third kappa shape index (κ3) is 2.45. The van der Waals surface area contributed by atoms with Gasteiger partial charge in [0, 0.05) is 5.38 Å². The molecule has 0 amide bonds. The van der Waals surface area contributed by atoms with Crippen molar-refractivity contribution in [2.75, 3.05) is 0 Å². The van der Waals surface area contributed by atoms with Crippen molar-refractivity contribution in [2.45, 2.75) is 44.8 Å². The molecule has 2 rings (SSSR count). The lowest BCUT2D eigenvalue weighted by molar-refractivity contribution is 0.153. The van der Waals surface area contributed by atoms with Crippen LogP contribution in [0.1, 0.15) is 37.8 Å². The summed E-state index contributed by atoms with van der Waals surface area (Å²) in [6, 6.07) is 0. The van der Waals surface area contributed by atoms with Crippen molar-refractivity contribution in [2.24, 2.45) is 0 Å². The zero-order valence-corrected chi connectivity index (χ0v) is 8.92. The Hall–Kier alpha value is -0.610. The Morgan fingerprint density at radius 2 is 2.21 bits per heavy atom. The average molecular weight is 213 g/mol. The van der Waals surface area contributed by atoms with Crippen LogP contribution < -0.4 is 4.74 Å². The predicted octanol–water partition coefficient (Wildman–Crippen LogP) is 2.35. The topological polar surface area (TPSA) is 42.4 Å². The van der Waals surface area contributed by atoms with Crippen LogP contribution in [0.3, 0.4) is 0 Å². The summed E-state index contributed by atoms with van der Waals surface area (Å²) in [4.78, 5) is 4.17. The van der Waals surface area contributed by atoms with Crippen LogP contribution in [0.4, 0.5) is 0 Å². The van der Waals surface area contributed by atoms with Crippen LogP contribution in [0.15, 0.2) is 5.38 Å². The molecule has 1 N–H and O–H groups in total. The third-order valence-corrected chi connectivity index (χ3v) is 3.29. The van der Waals surface area contributed by atoms with E-state index in [9.17, 15) is 0 Å². The molecule has 1 heterocycles. The Balaban J connectivity index is 1.89. The number of aromatic nitrogens is 1. The van der Waals surface area contributed by atoms with Gasteiger partial charge in [0.15, 0.2) is 0 Å². The molecular weight excluding hydrogens is 198 g/mol. The second kappa shape index (κ2) is 4.75. The van der Waals surface area contributed by atoms with Crippen molar-refractivity contribution in [1.82, 2.24) is 4.98 Å². The molecule has 0 spiro atoms. The lowest BCUT2D eigenvalue weighted by atomic mass is 9.98. The number of aliphatic hydroxyl groups excluding tert-OH is 1. The second-order valence-corrected chi connectivity index (χ2v) is 4.46. The number of hydrogen-bond acceptors (Lipinski definition) is 4. The summed E-state index contributed by atoms with van der Waals surface area (Å²) in [6.07, 6.45) is 6.51. The summed E-state index contributed by atoms with van der Waals surface area (Å²) in [5, 5.41) is 11.4. The molecule has 0 unspecified atom stereocenters. The monoisotopic (exact) mass is 213 g/mol. The van der Waals surface area contributed by atoms with E-state index in [0.717, 1.165) is 12.8 Å². The Morgan fingerprint density at radius 1 is 1.43 bits per heavy atom. The van der Waals surface area contributed by atoms with E-state index in [-0.39, 0.29) is 6.61 Å². The Labute approximate surface area is 87.7 Å². The van der Waals surface area contributed by atoms with Gasteiger partial charge in [-0.05, 0) is 25.7 Å². The number of rotatable bonds is 3. The smallest absolute Gasteiger partial charge is 0.273 e. The van der Waals surface area contributed by atoms with Crippen molar-refractivity contribution in [1.29, 1.82) is 0 Å². The van der Waals surface area contributed by atoms with E-state index in [1.54, 1.807) is 0 Å². The molecule has 3 nitrogen and oxygen atoms in total. The molecule has 1 aromatic rings. The first-order chi connectivity index (χ1) is 6.88. The molecule has 1 saturated carbocycles. The van der Waals surface area contributed by atoms with Crippen LogP contribution in [0, 0.1) is 0 Å². The molecule has 0 aliphatic heterocycles. The highest BCUT2D eigenvalue weighted by Gasteiger charge is 2.16. The van der Waals surface area contributed by atoms with Crippen molar-refractivity contribution in [3.63, 3.8) is 0 Å². The van der Waals surface area contributed by atoms with E-state index in [0.29, 0.717) is 17.0 Å². The summed E-state index contributed by atoms with van der Waals surface area (Å²) in [5.74, 6) is 0.